The van der Waals surface area contributed by atoms with Gasteiger partial charge >= 0.3 is 5.97 Å². The Morgan fingerprint density at radius 3 is 2.45 bits per heavy atom. The number of amides is 1. The van der Waals surface area contributed by atoms with Crippen LogP contribution in [0.15, 0.2) is 16.6 Å². The molecule has 0 fully saturated rings. The van der Waals surface area contributed by atoms with E-state index in [0.29, 0.717) is 16.0 Å². The van der Waals surface area contributed by atoms with Gasteiger partial charge in [0.15, 0.2) is 0 Å². The number of aliphatic carboxylic acids is 1. The van der Waals surface area contributed by atoms with E-state index < -0.39 is 17.9 Å². The van der Waals surface area contributed by atoms with Crippen LogP contribution in [-0.2, 0) is 4.79 Å². The van der Waals surface area contributed by atoms with Crippen molar-refractivity contribution >= 4 is 27.8 Å². The predicted molar refractivity (Wildman–Crippen MR) is 76.4 cm³/mol. The Morgan fingerprint density at radius 2 is 2.00 bits per heavy atom. The van der Waals surface area contributed by atoms with Gasteiger partial charge in [-0.05, 0) is 34.5 Å². The molecule has 1 aromatic carbocycles. The molecule has 2 N–H and O–H groups in total. The Kier molecular flexibility index (Phi) is 5.82. The molecule has 0 unspecified atom stereocenters. The maximum Gasteiger partial charge on any atom is 0.326 e. The minimum atomic E-state index is -1.08. The van der Waals surface area contributed by atoms with Crippen LogP contribution in [0.25, 0.3) is 0 Å². The Morgan fingerprint density at radius 1 is 1.35 bits per heavy atom. The maximum atomic E-state index is 12.2. The molecule has 20 heavy (non-hydrogen) atoms. The molecule has 0 saturated heterocycles. The summed E-state index contributed by atoms with van der Waals surface area (Å²) >= 11 is 3.28. The van der Waals surface area contributed by atoms with Gasteiger partial charge in [-0.1, -0.05) is 6.92 Å². The number of rotatable bonds is 6. The number of carbonyl (C=O) groups is 2. The Balaban J connectivity index is 3.13. The lowest BCUT2D eigenvalue weighted by molar-refractivity contribution is -0.139. The van der Waals surface area contributed by atoms with Crippen molar-refractivity contribution in [3.8, 4) is 11.5 Å². The fourth-order valence-electron chi connectivity index (χ4n) is 1.64. The number of carboxylic acids is 1. The van der Waals surface area contributed by atoms with Gasteiger partial charge in [0.05, 0.1) is 24.3 Å². The second kappa shape index (κ2) is 7.14. The molecule has 0 aromatic heterocycles. The molecule has 110 valence electrons. The zero-order valence-corrected chi connectivity index (χ0v) is 13.0. The predicted octanol–water partition coefficient (Wildman–Crippen LogP) is 2.06. The Bertz CT molecular complexity index is 518. The van der Waals surface area contributed by atoms with Crippen LogP contribution in [0.1, 0.15) is 23.7 Å². The number of halogens is 1. The lowest BCUT2D eigenvalue weighted by Crippen LogP contribution is -2.40. The lowest BCUT2D eigenvalue weighted by atomic mass is 10.1. The molecule has 1 amide bonds. The first-order valence-corrected chi connectivity index (χ1v) is 6.69. The van der Waals surface area contributed by atoms with Crippen LogP contribution < -0.4 is 14.8 Å². The molecule has 0 aliphatic rings. The summed E-state index contributed by atoms with van der Waals surface area (Å²) in [6.45, 7) is 1.68. The fourth-order valence-corrected chi connectivity index (χ4v) is 2.24. The van der Waals surface area contributed by atoms with Crippen molar-refractivity contribution in [2.24, 2.45) is 0 Å². The van der Waals surface area contributed by atoms with Gasteiger partial charge in [-0.15, -0.1) is 0 Å². The molecule has 1 rings (SSSR count). The molecule has 7 heteroatoms. The van der Waals surface area contributed by atoms with Crippen molar-refractivity contribution < 1.29 is 24.2 Å². The molecule has 0 aliphatic carbocycles. The summed E-state index contributed by atoms with van der Waals surface area (Å²) in [5, 5.41) is 11.4. The number of carbonyl (C=O) groups excluding carboxylic acids is 1. The number of nitrogens with one attached hydrogen (secondary N) is 1. The SMILES string of the molecule is CC[C@H](NC(=O)c1cc(OC)cc(Br)c1OC)C(=O)O. The first kappa shape index (κ1) is 16.3. The molecule has 0 saturated carbocycles. The van der Waals surface area contributed by atoms with Crippen molar-refractivity contribution in [1.82, 2.24) is 5.32 Å². The quantitative estimate of drug-likeness (QED) is 0.824. The molecule has 0 bridgehead atoms. The summed E-state index contributed by atoms with van der Waals surface area (Å²) in [5.74, 6) is -0.827. The third-order valence-corrected chi connectivity index (χ3v) is 3.30. The van der Waals surface area contributed by atoms with Crippen molar-refractivity contribution in [1.29, 1.82) is 0 Å². The van der Waals surface area contributed by atoms with Crippen LogP contribution in [0.2, 0.25) is 0 Å². The third-order valence-electron chi connectivity index (χ3n) is 2.71. The zero-order chi connectivity index (χ0) is 15.3. The number of hydrogen-bond acceptors (Lipinski definition) is 4. The maximum absolute atomic E-state index is 12.2. The van der Waals surface area contributed by atoms with Crippen LogP contribution >= 0.6 is 15.9 Å². The standard InChI is InChI=1S/C13H16BrNO5/c1-4-10(13(17)18)15-12(16)8-5-7(19-2)6-9(14)11(8)20-3/h5-6,10H,4H2,1-3H3,(H,15,16)(H,17,18)/t10-/m0/s1. The average Bonchev–Trinajstić information content (AvgIpc) is 2.42. The highest BCUT2D eigenvalue weighted by molar-refractivity contribution is 9.10. The first-order valence-electron chi connectivity index (χ1n) is 5.89. The number of benzene rings is 1. The largest absolute Gasteiger partial charge is 0.497 e. The van der Waals surface area contributed by atoms with Gasteiger partial charge in [-0.3, -0.25) is 4.79 Å². The van der Waals surface area contributed by atoms with Gasteiger partial charge in [-0.25, -0.2) is 4.79 Å². The molecule has 0 aliphatic heterocycles. The van der Waals surface area contributed by atoms with Crippen LogP contribution in [0.3, 0.4) is 0 Å². The van der Waals surface area contributed by atoms with Gasteiger partial charge in [0.1, 0.15) is 17.5 Å². The summed E-state index contributed by atoms with van der Waals surface area (Å²) in [5.41, 5.74) is 0.207. The van der Waals surface area contributed by atoms with E-state index in [1.165, 1.54) is 20.3 Å². The zero-order valence-electron chi connectivity index (χ0n) is 11.4. The van der Waals surface area contributed by atoms with E-state index in [1.807, 2.05) is 0 Å². The monoisotopic (exact) mass is 345 g/mol. The van der Waals surface area contributed by atoms with E-state index in [4.69, 9.17) is 14.6 Å². The smallest absolute Gasteiger partial charge is 0.326 e. The van der Waals surface area contributed by atoms with Crippen molar-refractivity contribution in [3.05, 3.63) is 22.2 Å². The van der Waals surface area contributed by atoms with Crippen molar-refractivity contribution in [2.45, 2.75) is 19.4 Å². The molecule has 0 radical (unpaired) electrons. The van der Waals surface area contributed by atoms with E-state index in [2.05, 4.69) is 21.2 Å². The minimum absolute atomic E-state index is 0.207. The van der Waals surface area contributed by atoms with Crippen LogP contribution in [-0.4, -0.2) is 37.2 Å². The second-order valence-electron chi connectivity index (χ2n) is 3.96. The summed E-state index contributed by atoms with van der Waals surface area (Å²) in [6.07, 6.45) is 0.286. The normalized spacial score (nSPS) is 11.6. The van der Waals surface area contributed by atoms with Crippen LogP contribution in [0, 0.1) is 0 Å². The highest BCUT2D eigenvalue weighted by Crippen LogP contribution is 2.33. The van der Waals surface area contributed by atoms with Crippen LogP contribution in [0.5, 0.6) is 11.5 Å². The average molecular weight is 346 g/mol. The number of hydrogen-bond donors (Lipinski definition) is 2. The van der Waals surface area contributed by atoms with E-state index in [0.717, 1.165) is 0 Å². The molecule has 0 heterocycles. The summed E-state index contributed by atoms with van der Waals surface area (Å²) < 4.78 is 10.8. The van der Waals surface area contributed by atoms with Crippen molar-refractivity contribution in [3.63, 3.8) is 0 Å². The van der Waals surface area contributed by atoms with Crippen LogP contribution in [0.4, 0.5) is 0 Å². The summed E-state index contributed by atoms with van der Waals surface area (Å²) in [4.78, 5) is 23.1. The van der Waals surface area contributed by atoms with E-state index in [9.17, 15) is 9.59 Å². The number of methoxy groups -OCH3 is 2. The van der Waals surface area contributed by atoms with Gasteiger partial charge in [0, 0.05) is 0 Å². The highest BCUT2D eigenvalue weighted by atomic mass is 79.9. The first-order chi connectivity index (χ1) is 9.44. The Hall–Kier alpha value is -1.76. The van der Waals surface area contributed by atoms with E-state index >= 15 is 0 Å². The topological polar surface area (TPSA) is 84.9 Å². The fraction of sp³-hybridized carbons (Fsp3) is 0.385. The second-order valence-corrected chi connectivity index (χ2v) is 4.82. The molecule has 1 atom stereocenters. The molecule has 1 aromatic rings. The lowest BCUT2D eigenvalue weighted by Gasteiger charge is -2.15. The number of ether oxygens (including phenoxy) is 2. The number of carboxylic acid groups (broad SMARTS) is 1. The van der Waals surface area contributed by atoms with Crippen molar-refractivity contribution in [2.75, 3.05) is 14.2 Å². The van der Waals surface area contributed by atoms with Gasteiger partial charge in [0.2, 0.25) is 0 Å². The van der Waals surface area contributed by atoms with Gasteiger partial charge in [0.25, 0.3) is 5.91 Å². The minimum Gasteiger partial charge on any atom is -0.497 e. The highest BCUT2D eigenvalue weighted by Gasteiger charge is 2.22. The summed E-state index contributed by atoms with van der Waals surface area (Å²) in [7, 11) is 2.90. The summed E-state index contributed by atoms with van der Waals surface area (Å²) in [6, 6.07) is 2.20. The molecule has 6 nitrogen and oxygen atoms in total. The third kappa shape index (κ3) is 3.63. The molecular formula is C13H16BrNO5. The van der Waals surface area contributed by atoms with Gasteiger partial charge < -0.3 is 19.9 Å². The molecule has 0 spiro atoms. The Labute approximate surface area is 125 Å². The van der Waals surface area contributed by atoms with Gasteiger partial charge in [-0.2, -0.15) is 0 Å². The van der Waals surface area contributed by atoms with E-state index in [-0.39, 0.29) is 12.0 Å². The van der Waals surface area contributed by atoms with E-state index in [1.54, 1.807) is 13.0 Å². The molecular weight excluding hydrogens is 330 g/mol.